The molecule has 0 aliphatic heterocycles. The highest BCUT2D eigenvalue weighted by Gasteiger charge is 2.12. The molecule has 0 saturated heterocycles. The van der Waals surface area contributed by atoms with Gasteiger partial charge in [-0.2, -0.15) is 0 Å². The van der Waals surface area contributed by atoms with E-state index >= 15 is 0 Å². The summed E-state index contributed by atoms with van der Waals surface area (Å²) in [4.78, 5) is 5.31. The maximum Gasteiger partial charge on any atom is 0.184 e. The minimum absolute atomic E-state index is 0.611. The molecule has 5 nitrogen and oxygen atoms in total. The first-order valence-electron chi connectivity index (χ1n) is 7.96. The van der Waals surface area contributed by atoms with E-state index in [-0.39, 0.29) is 0 Å². The quantitative estimate of drug-likeness (QED) is 0.692. The number of hydrogen-bond donors (Lipinski definition) is 2. The maximum atomic E-state index is 5.88. The predicted molar refractivity (Wildman–Crippen MR) is 98.6 cm³/mol. The third-order valence-electron chi connectivity index (χ3n) is 3.84. The van der Waals surface area contributed by atoms with Crippen LogP contribution < -0.4 is 14.8 Å². The molecule has 0 unspecified atom stereocenters. The standard InChI is InChI=1S/C19H23N3O2/c1-22(2)12-13-24-18-9-5-8-17(19(18)23-3)21-16-7-4-6-15-14(16)10-11-20-15/h4-11,20-21H,12-13H2,1-3H3. The van der Waals surface area contributed by atoms with Gasteiger partial charge in [-0.25, -0.2) is 0 Å². The highest BCUT2D eigenvalue weighted by molar-refractivity contribution is 5.94. The summed E-state index contributed by atoms with van der Waals surface area (Å²) in [5.41, 5.74) is 3.00. The van der Waals surface area contributed by atoms with E-state index in [1.807, 2.05) is 44.6 Å². The number of hydrogen-bond acceptors (Lipinski definition) is 4. The smallest absolute Gasteiger partial charge is 0.184 e. The molecule has 126 valence electrons. The summed E-state index contributed by atoms with van der Waals surface area (Å²) in [6.07, 6.45) is 1.94. The average molecular weight is 325 g/mol. The Morgan fingerprint density at radius 1 is 1.04 bits per heavy atom. The van der Waals surface area contributed by atoms with Gasteiger partial charge in [-0.3, -0.25) is 0 Å². The fourth-order valence-corrected chi connectivity index (χ4v) is 2.62. The van der Waals surface area contributed by atoms with Crippen molar-refractivity contribution >= 4 is 22.3 Å². The number of likely N-dealkylation sites (N-methyl/N-ethyl adjacent to an activating group) is 1. The third-order valence-corrected chi connectivity index (χ3v) is 3.84. The van der Waals surface area contributed by atoms with Gasteiger partial charge in [0.2, 0.25) is 0 Å². The maximum absolute atomic E-state index is 5.88. The molecule has 5 heteroatoms. The Morgan fingerprint density at radius 2 is 1.83 bits per heavy atom. The van der Waals surface area contributed by atoms with Gasteiger partial charge in [-0.05, 0) is 44.4 Å². The molecule has 0 amide bonds. The van der Waals surface area contributed by atoms with Crippen LogP contribution in [-0.4, -0.2) is 44.2 Å². The van der Waals surface area contributed by atoms with Crippen LogP contribution in [0.4, 0.5) is 11.4 Å². The minimum atomic E-state index is 0.611. The van der Waals surface area contributed by atoms with Crippen molar-refractivity contribution in [3.63, 3.8) is 0 Å². The molecule has 0 aliphatic rings. The number of fused-ring (bicyclic) bond motifs is 1. The van der Waals surface area contributed by atoms with Crippen LogP contribution in [0.5, 0.6) is 11.5 Å². The fraction of sp³-hybridized carbons (Fsp3) is 0.263. The Hall–Kier alpha value is -2.66. The molecule has 0 atom stereocenters. The molecule has 2 aromatic carbocycles. The fourth-order valence-electron chi connectivity index (χ4n) is 2.62. The Morgan fingerprint density at radius 3 is 2.62 bits per heavy atom. The number of rotatable bonds is 7. The molecule has 0 radical (unpaired) electrons. The number of H-pyrrole nitrogens is 1. The molecule has 0 saturated carbocycles. The number of ether oxygens (including phenoxy) is 2. The number of aromatic amines is 1. The van der Waals surface area contributed by atoms with Gasteiger partial charge in [0.1, 0.15) is 6.61 Å². The van der Waals surface area contributed by atoms with Crippen LogP contribution in [0.2, 0.25) is 0 Å². The number of anilines is 2. The largest absolute Gasteiger partial charge is 0.491 e. The van der Waals surface area contributed by atoms with Crippen LogP contribution in [0.3, 0.4) is 0 Å². The van der Waals surface area contributed by atoms with E-state index in [2.05, 4.69) is 33.4 Å². The zero-order valence-corrected chi connectivity index (χ0v) is 14.3. The lowest BCUT2D eigenvalue weighted by Crippen LogP contribution is -2.19. The normalized spacial score (nSPS) is 11.0. The summed E-state index contributed by atoms with van der Waals surface area (Å²) >= 11 is 0. The molecule has 0 bridgehead atoms. The molecule has 0 fully saturated rings. The van der Waals surface area contributed by atoms with Crippen LogP contribution >= 0.6 is 0 Å². The van der Waals surface area contributed by atoms with E-state index in [9.17, 15) is 0 Å². The van der Waals surface area contributed by atoms with Crippen molar-refractivity contribution in [3.8, 4) is 11.5 Å². The lowest BCUT2D eigenvalue weighted by atomic mass is 10.2. The number of nitrogens with zero attached hydrogens (tertiary/aromatic N) is 1. The van der Waals surface area contributed by atoms with Gasteiger partial charge < -0.3 is 24.7 Å². The zero-order valence-electron chi connectivity index (χ0n) is 14.3. The molecular weight excluding hydrogens is 302 g/mol. The van der Waals surface area contributed by atoms with E-state index in [1.165, 1.54) is 0 Å². The molecular formula is C19H23N3O2. The highest BCUT2D eigenvalue weighted by Crippen LogP contribution is 2.38. The second-order valence-electron chi connectivity index (χ2n) is 5.86. The molecule has 24 heavy (non-hydrogen) atoms. The number of aromatic nitrogens is 1. The summed E-state index contributed by atoms with van der Waals surface area (Å²) in [6, 6.07) is 14.1. The van der Waals surface area contributed by atoms with E-state index in [0.717, 1.165) is 34.6 Å². The van der Waals surface area contributed by atoms with Crippen molar-refractivity contribution in [2.75, 3.05) is 39.7 Å². The number of methoxy groups -OCH3 is 1. The van der Waals surface area contributed by atoms with E-state index < -0.39 is 0 Å². The third kappa shape index (κ3) is 3.46. The van der Waals surface area contributed by atoms with Gasteiger partial charge in [0, 0.05) is 29.3 Å². The van der Waals surface area contributed by atoms with Crippen LogP contribution in [0.25, 0.3) is 10.9 Å². The van der Waals surface area contributed by atoms with Crippen molar-refractivity contribution in [2.24, 2.45) is 0 Å². The van der Waals surface area contributed by atoms with Crippen LogP contribution in [-0.2, 0) is 0 Å². The molecule has 0 spiro atoms. The number of benzene rings is 2. The van der Waals surface area contributed by atoms with E-state index in [4.69, 9.17) is 9.47 Å². The van der Waals surface area contributed by atoms with Crippen LogP contribution in [0, 0.1) is 0 Å². The SMILES string of the molecule is COc1c(Nc2cccc3[nH]ccc23)cccc1OCCN(C)C. The van der Waals surface area contributed by atoms with Crippen molar-refractivity contribution in [2.45, 2.75) is 0 Å². The first kappa shape index (κ1) is 16.2. The van der Waals surface area contributed by atoms with Crippen molar-refractivity contribution in [1.82, 2.24) is 9.88 Å². The summed E-state index contributed by atoms with van der Waals surface area (Å²) < 4.78 is 11.5. The Labute approximate surface area is 142 Å². The van der Waals surface area contributed by atoms with E-state index in [1.54, 1.807) is 7.11 Å². The van der Waals surface area contributed by atoms with Crippen LogP contribution in [0.15, 0.2) is 48.7 Å². The molecule has 0 aliphatic carbocycles. The van der Waals surface area contributed by atoms with Gasteiger partial charge in [-0.1, -0.05) is 12.1 Å². The molecule has 1 aromatic heterocycles. The first-order chi connectivity index (χ1) is 11.7. The Balaban J connectivity index is 1.86. The lowest BCUT2D eigenvalue weighted by molar-refractivity contribution is 0.251. The molecule has 1 heterocycles. The monoisotopic (exact) mass is 325 g/mol. The lowest BCUT2D eigenvalue weighted by Gasteiger charge is -2.17. The van der Waals surface area contributed by atoms with Gasteiger partial charge >= 0.3 is 0 Å². The summed E-state index contributed by atoms with van der Waals surface area (Å²) in [5.74, 6) is 1.45. The van der Waals surface area contributed by atoms with Gasteiger partial charge in [-0.15, -0.1) is 0 Å². The number of para-hydroxylation sites is 1. The topological polar surface area (TPSA) is 49.5 Å². The number of nitrogens with one attached hydrogen (secondary N) is 2. The van der Waals surface area contributed by atoms with E-state index in [0.29, 0.717) is 12.4 Å². The van der Waals surface area contributed by atoms with Gasteiger partial charge in [0.25, 0.3) is 0 Å². The summed E-state index contributed by atoms with van der Waals surface area (Å²) in [7, 11) is 5.71. The Kier molecular flexibility index (Phi) is 4.91. The predicted octanol–water partition coefficient (Wildman–Crippen LogP) is 3.86. The van der Waals surface area contributed by atoms with Crippen molar-refractivity contribution in [3.05, 3.63) is 48.7 Å². The minimum Gasteiger partial charge on any atom is -0.491 e. The van der Waals surface area contributed by atoms with Gasteiger partial charge in [0.05, 0.1) is 12.8 Å². The van der Waals surface area contributed by atoms with Gasteiger partial charge in [0.15, 0.2) is 11.5 Å². The van der Waals surface area contributed by atoms with Crippen molar-refractivity contribution < 1.29 is 9.47 Å². The highest BCUT2D eigenvalue weighted by atomic mass is 16.5. The Bertz CT molecular complexity index is 811. The molecule has 2 N–H and O–H groups in total. The second kappa shape index (κ2) is 7.27. The summed E-state index contributed by atoms with van der Waals surface area (Å²) in [5, 5.41) is 4.59. The van der Waals surface area contributed by atoms with Crippen LogP contribution in [0.1, 0.15) is 0 Å². The average Bonchev–Trinajstić information content (AvgIpc) is 3.04. The van der Waals surface area contributed by atoms with Crippen molar-refractivity contribution in [1.29, 1.82) is 0 Å². The zero-order chi connectivity index (χ0) is 16.9. The molecule has 3 aromatic rings. The summed E-state index contributed by atoms with van der Waals surface area (Å²) in [6.45, 7) is 1.46. The first-order valence-corrected chi connectivity index (χ1v) is 7.96. The molecule has 3 rings (SSSR count). The second-order valence-corrected chi connectivity index (χ2v) is 5.86.